The van der Waals surface area contributed by atoms with Gasteiger partial charge in [-0.2, -0.15) is 17.0 Å². The predicted molar refractivity (Wildman–Crippen MR) is 119 cm³/mol. The molecule has 0 atom stereocenters. The molecule has 0 bridgehead atoms. The highest BCUT2D eigenvalue weighted by atomic mass is 32.2. The standard InChI is InChI=1S/C20H26N4O5S2/c1-16-4-8-18(9-5-16)21-30(26,27)19-10-6-17(7-11-19)20(25)23-12-14-24(15-13-23)31(28,29)22(2)3/h4-11,21H,12-15H2,1-3H3. The number of nitrogens with zero attached hydrogens (tertiary/aromatic N) is 3. The molecule has 3 rings (SSSR count). The minimum absolute atomic E-state index is 0.0477. The fourth-order valence-electron chi connectivity index (χ4n) is 3.15. The third kappa shape index (κ3) is 5.24. The molecule has 0 aliphatic carbocycles. The molecule has 2 aromatic carbocycles. The van der Waals surface area contributed by atoms with E-state index in [-0.39, 0.29) is 37.0 Å². The van der Waals surface area contributed by atoms with Crippen molar-refractivity contribution in [2.75, 3.05) is 45.0 Å². The number of anilines is 1. The highest BCUT2D eigenvalue weighted by molar-refractivity contribution is 7.92. The lowest BCUT2D eigenvalue weighted by atomic mass is 10.2. The second kappa shape index (κ2) is 8.95. The average Bonchev–Trinajstić information content (AvgIpc) is 2.75. The van der Waals surface area contributed by atoms with Crippen LogP contribution in [-0.2, 0) is 20.2 Å². The zero-order valence-corrected chi connectivity index (χ0v) is 19.3. The summed E-state index contributed by atoms with van der Waals surface area (Å²) in [6.07, 6.45) is 0. The van der Waals surface area contributed by atoms with Crippen LogP contribution in [0.5, 0.6) is 0 Å². The van der Waals surface area contributed by atoms with Gasteiger partial charge in [-0.05, 0) is 43.3 Å². The average molecular weight is 467 g/mol. The molecule has 1 fully saturated rings. The molecule has 0 spiro atoms. The smallest absolute Gasteiger partial charge is 0.281 e. The maximum absolute atomic E-state index is 12.8. The molecule has 31 heavy (non-hydrogen) atoms. The normalized spacial score (nSPS) is 15.8. The first kappa shape index (κ1) is 23.2. The Morgan fingerprint density at radius 2 is 1.42 bits per heavy atom. The highest BCUT2D eigenvalue weighted by Gasteiger charge is 2.30. The van der Waals surface area contributed by atoms with Gasteiger partial charge in [-0.25, -0.2) is 8.42 Å². The summed E-state index contributed by atoms with van der Waals surface area (Å²) in [7, 11) is -4.35. The molecule has 11 heteroatoms. The molecular weight excluding hydrogens is 440 g/mol. The number of hydrogen-bond acceptors (Lipinski definition) is 5. The van der Waals surface area contributed by atoms with E-state index in [1.54, 1.807) is 17.0 Å². The van der Waals surface area contributed by atoms with E-state index in [0.717, 1.165) is 9.87 Å². The lowest BCUT2D eigenvalue weighted by Gasteiger charge is -2.35. The van der Waals surface area contributed by atoms with Crippen LogP contribution >= 0.6 is 0 Å². The quantitative estimate of drug-likeness (QED) is 0.692. The summed E-state index contributed by atoms with van der Waals surface area (Å²) >= 11 is 0. The van der Waals surface area contributed by atoms with Crippen LogP contribution in [0, 0.1) is 6.92 Å². The van der Waals surface area contributed by atoms with Gasteiger partial charge in [0, 0.05) is 51.5 Å². The Labute approximate surface area is 183 Å². The van der Waals surface area contributed by atoms with Gasteiger partial charge in [0.1, 0.15) is 0 Å². The molecule has 1 heterocycles. The third-order valence-electron chi connectivity index (χ3n) is 5.03. The van der Waals surface area contributed by atoms with Gasteiger partial charge in [-0.3, -0.25) is 9.52 Å². The van der Waals surface area contributed by atoms with E-state index in [4.69, 9.17) is 0 Å². The van der Waals surface area contributed by atoms with Gasteiger partial charge >= 0.3 is 0 Å². The summed E-state index contributed by atoms with van der Waals surface area (Å²) in [4.78, 5) is 14.4. The van der Waals surface area contributed by atoms with Crippen LogP contribution in [0.3, 0.4) is 0 Å². The molecule has 0 radical (unpaired) electrons. The minimum atomic E-state index is -3.78. The first-order valence-electron chi connectivity index (χ1n) is 9.67. The number of carbonyl (C=O) groups is 1. The maximum Gasteiger partial charge on any atom is 0.281 e. The molecule has 2 aromatic rings. The molecule has 0 saturated carbocycles. The van der Waals surface area contributed by atoms with Gasteiger partial charge in [0.25, 0.3) is 26.1 Å². The Balaban J connectivity index is 1.66. The number of benzene rings is 2. The van der Waals surface area contributed by atoms with Crippen molar-refractivity contribution in [2.24, 2.45) is 0 Å². The molecule has 1 N–H and O–H groups in total. The number of amides is 1. The monoisotopic (exact) mass is 466 g/mol. The zero-order chi connectivity index (χ0) is 22.8. The Kier molecular flexibility index (Phi) is 6.70. The summed E-state index contributed by atoms with van der Waals surface area (Å²) in [5.74, 6) is -0.266. The van der Waals surface area contributed by atoms with Crippen molar-refractivity contribution in [3.8, 4) is 0 Å². The van der Waals surface area contributed by atoms with Gasteiger partial charge in [0.05, 0.1) is 4.90 Å². The van der Waals surface area contributed by atoms with Crippen molar-refractivity contribution >= 4 is 31.8 Å². The van der Waals surface area contributed by atoms with E-state index in [2.05, 4.69) is 4.72 Å². The van der Waals surface area contributed by atoms with E-state index in [9.17, 15) is 21.6 Å². The predicted octanol–water partition coefficient (Wildman–Crippen LogP) is 1.36. The molecular formula is C20H26N4O5S2. The topological polar surface area (TPSA) is 107 Å². The number of piperazine rings is 1. The minimum Gasteiger partial charge on any atom is -0.336 e. The second-order valence-corrected chi connectivity index (χ2v) is 11.3. The number of rotatable bonds is 6. The van der Waals surface area contributed by atoms with Crippen molar-refractivity contribution in [1.29, 1.82) is 0 Å². The molecule has 1 saturated heterocycles. The number of carbonyl (C=O) groups excluding carboxylic acids is 1. The van der Waals surface area contributed by atoms with Crippen LogP contribution in [0.15, 0.2) is 53.4 Å². The molecule has 1 aliphatic rings. The Bertz CT molecular complexity index is 1140. The van der Waals surface area contributed by atoms with E-state index >= 15 is 0 Å². The molecule has 0 unspecified atom stereocenters. The van der Waals surface area contributed by atoms with Crippen LogP contribution in [0.1, 0.15) is 15.9 Å². The Morgan fingerprint density at radius 3 is 1.94 bits per heavy atom. The number of hydrogen-bond donors (Lipinski definition) is 1. The molecule has 168 valence electrons. The summed E-state index contributed by atoms with van der Waals surface area (Å²) in [5, 5.41) is 0. The number of aryl methyl sites for hydroxylation is 1. The molecule has 1 amide bonds. The van der Waals surface area contributed by atoms with E-state index < -0.39 is 20.2 Å². The summed E-state index contributed by atoms with van der Waals surface area (Å²) in [6.45, 7) is 2.86. The highest BCUT2D eigenvalue weighted by Crippen LogP contribution is 2.19. The SMILES string of the molecule is Cc1ccc(NS(=O)(=O)c2ccc(C(=O)N3CCN(S(=O)(=O)N(C)C)CC3)cc2)cc1. The number of sulfonamides is 1. The third-order valence-corrected chi connectivity index (χ3v) is 8.37. The fraction of sp³-hybridized carbons (Fsp3) is 0.350. The van der Waals surface area contributed by atoms with E-state index in [1.807, 2.05) is 19.1 Å². The Hall–Kier alpha value is -2.47. The molecule has 1 aliphatic heterocycles. The second-order valence-electron chi connectivity index (χ2n) is 7.48. The van der Waals surface area contributed by atoms with Crippen molar-refractivity contribution in [3.63, 3.8) is 0 Å². The fourth-order valence-corrected chi connectivity index (χ4v) is 5.29. The van der Waals surface area contributed by atoms with Crippen LogP contribution in [0.2, 0.25) is 0 Å². The van der Waals surface area contributed by atoms with Crippen LogP contribution in [0.25, 0.3) is 0 Å². The zero-order valence-electron chi connectivity index (χ0n) is 17.6. The van der Waals surface area contributed by atoms with Crippen molar-refractivity contribution in [1.82, 2.24) is 13.5 Å². The van der Waals surface area contributed by atoms with Gasteiger partial charge < -0.3 is 4.90 Å². The largest absolute Gasteiger partial charge is 0.336 e. The lowest BCUT2D eigenvalue weighted by Crippen LogP contribution is -2.53. The van der Waals surface area contributed by atoms with Crippen LogP contribution in [-0.4, -0.2) is 76.5 Å². The van der Waals surface area contributed by atoms with Gasteiger partial charge in [0.15, 0.2) is 0 Å². The summed E-state index contributed by atoms with van der Waals surface area (Å²) < 4.78 is 54.6. The summed E-state index contributed by atoms with van der Waals surface area (Å²) in [6, 6.07) is 12.7. The van der Waals surface area contributed by atoms with Crippen molar-refractivity contribution in [2.45, 2.75) is 11.8 Å². The first-order valence-corrected chi connectivity index (χ1v) is 12.5. The van der Waals surface area contributed by atoms with Gasteiger partial charge in [-0.15, -0.1) is 0 Å². The Morgan fingerprint density at radius 1 is 0.871 bits per heavy atom. The molecule has 0 aromatic heterocycles. The van der Waals surface area contributed by atoms with E-state index in [0.29, 0.717) is 11.3 Å². The van der Waals surface area contributed by atoms with Crippen molar-refractivity contribution < 1.29 is 21.6 Å². The van der Waals surface area contributed by atoms with Crippen LogP contribution in [0.4, 0.5) is 5.69 Å². The van der Waals surface area contributed by atoms with Gasteiger partial charge in [0.2, 0.25) is 0 Å². The lowest BCUT2D eigenvalue weighted by molar-refractivity contribution is 0.0695. The number of nitrogens with one attached hydrogen (secondary N) is 1. The van der Waals surface area contributed by atoms with Crippen LogP contribution < -0.4 is 4.72 Å². The van der Waals surface area contributed by atoms with E-state index in [1.165, 1.54) is 42.7 Å². The summed E-state index contributed by atoms with van der Waals surface area (Å²) in [5.41, 5.74) is 1.82. The molecule has 9 nitrogen and oxygen atoms in total. The first-order chi connectivity index (χ1) is 14.5. The maximum atomic E-state index is 12.8. The van der Waals surface area contributed by atoms with Crippen molar-refractivity contribution in [3.05, 3.63) is 59.7 Å². The van der Waals surface area contributed by atoms with Gasteiger partial charge in [-0.1, -0.05) is 17.7 Å².